The highest BCUT2D eigenvalue weighted by molar-refractivity contribution is 7.98. The minimum absolute atomic E-state index is 0.843. The van der Waals surface area contributed by atoms with E-state index in [9.17, 15) is 0 Å². The molecule has 1 aliphatic rings. The van der Waals surface area contributed by atoms with Crippen LogP contribution in [0, 0.1) is 20.8 Å². The normalized spacial score (nSPS) is 15.1. The molecule has 1 saturated heterocycles. The van der Waals surface area contributed by atoms with Crippen molar-refractivity contribution in [2.75, 3.05) is 42.2 Å². The Morgan fingerprint density at radius 3 is 2.22 bits per heavy atom. The second kappa shape index (κ2) is 6.70. The molecule has 0 unspecified atom stereocenters. The van der Waals surface area contributed by atoms with Crippen molar-refractivity contribution < 1.29 is 0 Å². The average Bonchev–Trinajstić information content (AvgIpc) is 2.58. The van der Waals surface area contributed by atoms with Gasteiger partial charge in [-0.3, -0.25) is 0 Å². The van der Waals surface area contributed by atoms with Gasteiger partial charge in [-0.2, -0.15) is 5.10 Å². The molecule has 0 atom stereocenters. The summed E-state index contributed by atoms with van der Waals surface area (Å²) in [5, 5.41) is 9.28. The second-order valence-corrected chi connectivity index (χ2v) is 6.52. The van der Waals surface area contributed by atoms with Crippen LogP contribution in [0.4, 0.5) is 11.6 Å². The molecule has 122 valence electrons. The molecule has 0 bridgehead atoms. The van der Waals surface area contributed by atoms with Gasteiger partial charge in [0.2, 0.25) is 0 Å². The molecule has 7 heteroatoms. The first-order valence-electron chi connectivity index (χ1n) is 7.78. The van der Waals surface area contributed by atoms with Gasteiger partial charge >= 0.3 is 0 Å². The van der Waals surface area contributed by atoms with E-state index in [4.69, 9.17) is 4.98 Å². The zero-order valence-corrected chi connectivity index (χ0v) is 14.9. The third kappa shape index (κ3) is 3.39. The highest BCUT2D eigenvalue weighted by atomic mass is 32.2. The number of piperazine rings is 1. The number of hydrogen-bond acceptors (Lipinski definition) is 7. The summed E-state index contributed by atoms with van der Waals surface area (Å²) in [6.45, 7) is 9.83. The third-order valence-electron chi connectivity index (χ3n) is 4.21. The van der Waals surface area contributed by atoms with E-state index in [0.29, 0.717) is 0 Å². The van der Waals surface area contributed by atoms with Gasteiger partial charge in [0.15, 0.2) is 11.0 Å². The first kappa shape index (κ1) is 16.0. The third-order valence-corrected chi connectivity index (χ3v) is 4.76. The van der Waals surface area contributed by atoms with Crippen molar-refractivity contribution in [3.05, 3.63) is 29.1 Å². The minimum Gasteiger partial charge on any atom is -0.353 e. The molecule has 23 heavy (non-hydrogen) atoms. The smallest absolute Gasteiger partial charge is 0.189 e. The number of anilines is 2. The maximum Gasteiger partial charge on any atom is 0.189 e. The highest BCUT2D eigenvalue weighted by Gasteiger charge is 2.22. The van der Waals surface area contributed by atoms with Crippen LogP contribution in [0.15, 0.2) is 17.3 Å². The molecule has 2 aromatic heterocycles. The molecule has 0 spiro atoms. The molecule has 0 amide bonds. The first-order valence-corrected chi connectivity index (χ1v) is 9.00. The van der Waals surface area contributed by atoms with Gasteiger partial charge in [0.05, 0.1) is 5.69 Å². The Kier molecular flexibility index (Phi) is 4.66. The van der Waals surface area contributed by atoms with Gasteiger partial charge in [0.1, 0.15) is 5.82 Å². The van der Waals surface area contributed by atoms with Crippen molar-refractivity contribution >= 4 is 23.4 Å². The summed E-state index contributed by atoms with van der Waals surface area (Å²) in [6, 6.07) is 4.06. The molecule has 6 nitrogen and oxygen atoms in total. The van der Waals surface area contributed by atoms with Crippen LogP contribution in [0.2, 0.25) is 0 Å². The van der Waals surface area contributed by atoms with Crippen molar-refractivity contribution in [3.8, 4) is 0 Å². The van der Waals surface area contributed by atoms with Crippen LogP contribution in [-0.2, 0) is 0 Å². The Balaban J connectivity index is 1.74. The van der Waals surface area contributed by atoms with Crippen LogP contribution < -0.4 is 9.80 Å². The van der Waals surface area contributed by atoms with Crippen LogP contribution in [0.1, 0.15) is 17.0 Å². The van der Waals surface area contributed by atoms with Crippen LogP contribution >= 0.6 is 11.8 Å². The Hall–Kier alpha value is -1.89. The summed E-state index contributed by atoms with van der Waals surface area (Å²) in [5.74, 6) is 2.02. The van der Waals surface area contributed by atoms with Gasteiger partial charge in [-0.25, -0.2) is 9.97 Å². The molecule has 0 saturated carbocycles. The van der Waals surface area contributed by atoms with Crippen molar-refractivity contribution in [2.45, 2.75) is 25.9 Å². The number of nitrogens with zero attached hydrogens (tertiary/aromatic N) is 6. The Bertz CT molecular complexity index is 680. The fourth-order valence-electron chi connectivity index (χ4n) is 2.70. The van der Waals surface area contributed by atoms with Gasteiger partial charge in [-0.05, 0) is 39.2 Å². The quantitative estimate of drug-likeness (QED) is 0.632. The summed E-state index contributed by atoms with van der Waals surface area (Å²) in [7, 11) is 0. The lowest BCUT2D eigenvalue weighted by Crippen LogP contribution is -2.47. The summed E-state index contributed by atoms with van der Waals surface area (Å²) in [5.41, 5.74) is 3.18. The molecular weight excluding hydrogens is 308 g/mol. The maximum atomic E-state index is 4.72. The fourth-order valence-corrected chi connectivity index (χ4v) is 3.10. The van der Waals surface area contributed by atoms with E-state index in [-0.39, 0.29) is 0 Å². The molecule has 3 rings (SSSR count). The van der Waals surface area contributed by atoms with E-state index in [1.54, 1.807) is 11.8 Å². The predicted octanol–water partition coefficient (Wildman–Crippen LogP) is 2.24. The fraction of sp³-hybridized carbons (Fsp3) is 0.500. The average molecular weight is 330 g/mol. The second-order valence-electron chi connectivity index (χ2n) is 5.75. The monoisotopic (exact) mass is 330 g/mol. The van der Waals surface area contributed by atoms with Gasteiger partial charge in [-0.1, -0.05) is 11.8 Å². The van der Waals surface area contributed by atoms with E-state index in [2.05, 4.69) is 38.8 Å². The molecule has 2 aromatic rings. The van der Waals surface area contributed by atoms with Gasteiger partial charge in [0, 0.05) is 37.4 Å². The largest absolute Gasteiger partial charge is 0.353 e. The summed E-state index contributed by atoms with van der Waals surface area (Å²) < 4.78 is 0. The Labute approximate surface area is 141 Å². The van der Waals surface area contributed by atoms with E-state index in [0.717, 1.165) is 54.4 Å². The maximum absolute atomic E-state index is 4.72. The number of aryl methyl sites for hydroxylation is 2. The number of hydrogen-bond donors (Lipinski definition) is 0. The van der Waals surface area contributed by atoms with Crippen molar-refractivity contribution in [1.82, 2.24) is 20.2 Å². The summed E-state index contributed by atoms with van der Waals surface area (Å²) >= 11 is 1.59. The zero-order valence-electron chi connectivity index (χ0n) is 14.1. The van der Waals surface area contributed by atoms with Crippen molar-refractivity contribution in [3.63, 3.8) is 0 Å². The number of thioether (sulfide) groups is 1. The summed E-state index contributed by atoms with van der Waals surface area (Å²) in [6.07, 6.45) is 2.02. The number of rotatable bonds is 3. The summed E-state index contributed by atoms with van der Waals surface area (Å²) in [4.78, 5) is 13.9. The SMILES string of the molecule is CSc1nc(C)c(C)c(N2CCN(c3ccc(C)nn3)CC2)n1. The van der Waals surface area contributed by atoms with E-state index >= 15 is 0 Å². The zero-order chi connectivity index (χ0) is 16.4. The van der Waals surface area contributed by atoms with Crippen molar-refractivity contribution in [2.24, 2.45) is 0 Å². The van der Waals surface area contributed by atoms with Gasteiger partial charge < -0.3 is 9.80 Å². The lowest BCUT2D eigenvalue weighted by molar-refractivity contribution is 0.631. The predicted molar refractivity (Wildman–Crippen MR) is 94.5 cm³/mol. The molecule has 0 N–H and O–H groups in total. The first-order chi connectivity index (χ1) is 11.1. The molecular formula is C16H22N6S. The van der Waals surface area contributed by atoms with Gasteiger partial charge in [0.25, 0.3) is 0 Å². The highest BCUT2D eigenvalue weighted by Crippen LogP contribution is 2.24. The van der Waals surface area contributed by atoms with Crippen molar-refractivity contribution in [1.29, 1.82) is 0 Å². The molecule has 0 aliphatic carbocycles. The van der Waals surface area contributed by atoms with Crippen LogP contribution in [-0.4, -0.2) is 52.6 Å². The molecule has 1 aliphatic heterocycles. The molecule has 0 aromatic carbocycles. The lowest BCUT2D eigenvalue weighted by Gasteiger charge is -2.36. The Morgan fingerprint density at radius 1 is 0.913 bits per heavy atom. The lowest BCUT2D eigenvalue weighted by atomic mass is 10.2. The van der Waals surface area contributed by atoms with E-state index in [1.807, 2.05) is 25.3 Å². The van der Waals surface area contributed by atoms with E-state index < -0.39 is 0 Å². The Morgan fingerprint density at radius 2 is 1.61 bits per heavy atom. The molecule has 0 radical (unpaired) electrons. The van der Waals surface area contributed by atoms with Crippen LogP contribution in [0.3, 0.4) is 0 Å². The van der Waals surface area contributed by atoms with Crippen LogP contribution in [0.25, 0.3) is 0 Å². The number of aromatic nitrogens is 4. The van der Waals surface area contributed by atoms with Gasteiger partial charge in [-0.15, -0.1) is 5.10 Å². The molecule has 3 heterocycles. The molecule has 1 fully saturated rings. The standard InChI is InChI=1S/C16H22N6S/c1-11-5-6-14(20-19-11)21-7-9-22(10-8-21)15-12(2)13(3)17-16(18-15)23-4/h5-6H,7-10H2,1-4H3. The topological polar surface area (TPSA) is 58.0 Å². The van der Waals surface area contributed by atoms with E-state index in [1.165, 1.54) is 5.56 Å². The van der Waals surface area contributed by atoms with Crippen LogP contribution in [0.5, 0.6) is 0 Å². The minimum atomic E-state index is 0.843.